The second-order valence-electron chi connectivity index (χ2n) is 3.70. The molecule has 0 unspecified atom stereocenters. The molecular formula is C13H13BrN2O2. The van der Waals surface area contributed by atoms with Gasteiger partial charge in [0, 0.05) is 29.8 Å². The first-order chi connectivity index (χ1) is 8.54. The lowest BCUT2D eigenvalue weighted by Crippen LogP contribution is -2.19. The third-order valence-corrected chi connectivity index (χ3v) is 2.86. The van der Waals surface area contributed by atoms with Gasteiger partial charge in [-0.1, -0.05) is 22.0 Å². The van der Waals surface area contributed by atoms with Crippen LogP contribution in [0.2, 0.25) is 0 Å². The molecule has 1 aromatic rings. The van der Waals surface area contributed by atoms with Crippen molar-refractivity contribution in [2.45, 2.75) is 6.42 Å². The molecule has 0 bridgehead atoms. The van der Waals surface area contributed by atoms with E-state index in [1.165, 1.54) is 0 Å². The molecule has 0 spiro atoms. The smallest absolute Gasteiger partial charge is 0.328 e. The Labute approximate surface area is 114 Å². The Balaban J connectivity index is 3.03. The number of carboxylic acids is 1. The van der Waals surface area contributed by atoms with Gasteiger partial charge in [-0.2, -0.15) is 5.26 Å². The summed E-state index contributed by atoms with van der Waals surface area (Å²) in [6.07, 6.45) is 3.07. The second-order valence-corrected chi connectivity index (χ2v) is 4.62. The van der Waals surface area contributed by atoms with Crippen LogP contribution in [0.3, 0.4) is 0 Å². The summed E-state index contributed by atoms with van der Waals surface area (Å²) < 4.78 is 0.911. The number of aliphatic carboxylic acids is 1. The first kappa shape index (κ1) is 14.3. The van der Waals surface area contributed by atoms with Gasteiger partial charge in [0.25, 0.3) is 0 Å². The van der Waals surface area contributed by atoms with E-state index in [-0.39, 0.29) is 0 Å². The average molecular weight is 309 g/mol. The molecule has 0 amide bonds. The summed E-state index contributed by atoms with van der Waals surface area (Å²) >= 11 is 3.38. The zero-order valence-corrected chi connectivity index (χ0v) is 11.5. The summed E-state index contributed by atoms with van der Waals surface area (Å²) in [7, 11) is 1.87. The highest BCUT2D eigenvalue weighted by Gasteiger charge is 2.06. The van der Waals surface area contributed by atoms with Crippen molar-refractivity contribution in [2.75, 3.05) is 18.5 Å². The van der Waals surface area contributed by atoms with Gasteiger partial charge in [-0.05, 0) is 23.8 Å². The standard InChI is InChI=1S/C13H13BrN2O2/c1-16(8-2-7-15)12-9-11(14)5-3-10(12)4-6-13(17)18/h3-6,9H,2,8H2,1H3,(H,17,18)/b6-4+. The van der Waals surface area contributed by atoms with Gasteiger partial charge in [-0.15, -0.1) is 0 Å². The molecule has 18 heavy (non-hydrogen) atoms. The van der Waals surface area contributed by atoms with Crippen molar-refractivity contribution >= 4 is 33.7 Å². The summed E-state index contributed by atoms with van der Waals surface area (Å²) in [4.78, 5) is 12.5. The predicted molar refractivity (Wildman–Crippen MR) is 74.3 cm³/mol. The second kappa shape index (κ2) is 6.82. The largest absolute Gasteiger partial charge is 0.478 e. The number of anilines is 1. The number of hydrogen-bond donors (Lipinski definition) is 1. The highest BCUT2D eigenvalue weighted by Crippen LogP contribution is 2.25. The van der Waals surface area contributed by atoms with E-state index >= 15 is 0 Å². The Morgan fingerprint density at radius 3 is 2.94 bits per heavy atom. The highest BCUT2D eigenvalue weighted by molar-refractivity contribution is 9.10. The van der Waals surface area contributed by atoms with Crippen LogP contribution in [0, 0.1) is 11.3 Å². The Bertz CT molecular complexity index is 506. The van der Waals surface area contributed by atoms with E-state index < -0.39 is 5.97 Å². The number of carboxylic acid groups (broad SMARTS) is 1. The minimum Gasteiger partial charge on any atom is -0.478 e. The van der Waals surface area contributed by atoms with Crippen LogP contribution in [-0.4, -0.2) is 24.7 Å². The van der Waals surface area contributed by atoms with Gasteiger partial charge < -0.3 is 10.0 Å². The van der Waals surface area contributed by atoms with E-state index in [4.69, 9.17) is 10.4 Å². The minimum absolute atomic E-state index is 0.422. The Kier molecular flexibility index (Phi) is 5.40. The molecule has 0 fully saturated rings. The summed E-state index contributed by atoms with van der Waals surface area (Å²) in [5.41, 5.74) is 1.69. The van der Waals surface area contributed by atoms with Crippen molar-refractivity contribution in [3.05, 3.63) is 34.3 Å². The normalized spacial score (nSPS) is 10.3. The number of halogens is 1. The average Bonchev–Trinajstić information content (AvgIpc) is 2.34. The first-order valence-corrected chi connectivity index (χ1v) is 6.12. The van der Waals surface area contributed by atoms with Crippen LogP contribution < -0.4 is 4.90 Å². The molecule has 1 aromatic carbocycles. The fourth-order valence-corrected chi connectivity index (χ4v) is 1.84. The van der Waals surface area contributed by atoms with Crippen LogP contribution in [-0.2, 0) is 4.79 Å². The number of nitriles is 1. The summed E-state index contributed by atoms with van der Waals surface area (Å²) in [5.74, 6) is -0.983. The number of carbonyl (C=O) groups is 1. The number of rotatable bonds is 5. The van der Waals surface area contributed by atoms with Gasteiger partial charge in [0.05, 0.1) is 12.5 Å². The molecule has 0 aromatic heterocycles. The molecule has 0 aliphatic rings. The van der Waals surface area contributed by atoms with Crippen LogP contribution in [0.1, 0.15) is 12.0 Å². The maximum Gasteiger partial charge on any atom is 0.328 e. The van der Waals surface area contributed by atoms with Crippen LogP contribution in [0.5, 0.6) is 0 Å². The molecule has 5 heteroatoms. The van der Waals surface area contributed by atoms with E-state index in [0.717, 1.165) is 21.8 Å². The van der Waals surface area contributed by atoms with Gasteiger partial charge in [0.1, 0.15) is 0 Å². The van der Waals surface area contributed by atoms with Crippen molar-refractivity contribution in [1.29, 1.82) is 5.26 Å². The zero-order chi connectivity index (χ0) is 13.5. The Morgan fingerprint density at radius 1 is 1.61 bits per heavy atom. The van der Waals surface area contributed by atoms with Crippen LogP contribution in [0.15, 0.2) is 28.7 Å². The molecule has 0 aliphatic carbocycles. The first-order valence-electron chi connectivity index (χ1n) is 5.33. The van der Waals surface area contributed by atoms with Crippen LogP contribution in [0.25, 0.3) is 6.08 Å². The summed E-state index contributed by atoms with van der Waals surface area (Å²) in [5, 5.41) is 17.2. The molecule has 0 saturated carbocycles. The van der Waals surface area contributed by atoms with Crippen molar-refractivity contribution in [3.8, 4) is 6.07 Å². The van der Waals surface area contributed by atoms with Crippen LogP contribution >= 0.6 is 15.9 Å². The van der Waals surface area contributed by atoms with Crippen molar-refractivity contribution < 1.29 is 9.90 Å². The summed E-state index contributed by atoms with van der Waals surface area (Å²) in [6, 6.07) is 7.67. The topological polar surface area (TPSA) is 64.3 Å². The zero-order valence-electron chi connectivity index (χ0n) is 9.93. The molecule has 94 valence electrons. The predicted octanol–water partition coefficient (Wildman–Crippen LogP) is 2.90. The Morgan fingerprint density at radius 2 is 2.33 bits per heavy atom. The molecule has 1 N–H and O–H groups in total. The van der Waals surface area contributed by atoms with Crippen molar-refractivity contribution in [2.24, 2.45) is 0 Å². The fraction of sp³-hybridized carbons (Fsp3) is 0.231. The van der Waals surface area contributed by atoms with Crippen LogP contribution in [0.4, 0.5) is 5.69 Å². The van der Waals surface area contributed by atoms with Gasteiger partial charge in [-0.3, -0.25) is 0 Å². The molecule has 0 saturated heterocycles. The maximum absolute atomic E-state index is 10.5. The minimum atomic E-state index is -0.983. The quantitative estimate of drug-likeness (QED) is 0.849. The lowest BCUT2D eigenvalue weighted by molar-refractivity contribution is -0.131. The van der Waals surface area contributed by atoms with E-state index in [1.54, 1.807) is 6.08 Å². The Hall–Kier alpha value is -1.80. The lowest BCUT2D eigenvalue weighted by atomic mass is 10.1. The van der Waals surface area contributed by atoms with E-state index in [0.29, 0.717) is 13.0 Å². The van der Waals surface area contributed by atoms with Gasteiger partial charge in [0.2, 0.25) is 0 Å². The monoisotopic (exact) mass is 308 g/mol. The van der Waals surface area contributed by atoms with Crippen molar-refractivity contribution in [3.63, 3.8) is 0 Å². The van der Waals surface area contributed by atoms with E-state index in [1.807, 2.05) is 30.1 Å². The molecular weight excluding hydrogens is 296 g/mol. The third kappa shape index (κ3) is 4.22. The molecule has 0 heterocycles. The van der Waals surface area contributed by atoms with Crippen molar-refractivity contribution in [1.82, 2.24) is 0 Å². The molecule has 1 rings (SSSR count). The fourth-order valence-electron chi connectivity index (χ4n) is 1.49. The number of benzene rings is 1. The van der Waals surface area contributed by atoms with E-state index in [9.17, 15) is 4.79 Å². The third-order valence-electron chi connectivity index (χ3n) is 2.37. The van der Waals surface area contributed by atoms with Gasteiger partial charge in [0.15, 0.2) is 0 Å². The molecule has 0 atom stereocenters. The number of nitrogens with zero attached hydrogens (tertiary/aromatic N) is 2. The molecule has 0 aliphatic heterocycles. The van der Waals surface area contributed by atoms with Gasteiger partial charge in [-0.25, -0.2) is 4.79 Å². The molecule has 4 nitrogen and oxygen atoms in total. The lowest BCUT2D eigenvalue weighted by Gasteiger charge is -2.20. The summed E-state index contributed by atoms with van der Waals surface area (Å²) in [6.45, 7) is 0.598. The van der Waals surface area contributed by atoms with E-state index in [2.05, 4.69) is 22.0 Å². The molecule has 0 radical (unpaired) electrons. The highest BCUT2D eigenvalue weighted by atomic mass is 79.9. The SMILES string of the molecule is CN(CCC#N)c1cc(Br)ccc1/C=C/C(=O)O. The maximum atomic E-state index is 10.5. The van der Waals surface area contributed by atoms with Gasteiger partial charge >= 0.3 is 5.97 Å². The number of hydrogen-bond acceptors (Lipinski definition) is 3.